The molecule has 2 saturated carbocycles. The van der Waals surface area contributed by atoms with Crippen molar-refractivity contribution in [2.45, 2.75) is 48.6 Å². The Hall–Kier alpha value is -3.76. The molecule has 3 aliphatic rings. The van der Waals surface area contributed by atoms with E-state index in [1.54, 1.807) is 6.08 Å². The maximum Gasteiger partial charge on any atom is 0.259 e. The van der Waals surface area contributed by atoms with Crippen LogP contribution < -0.4 is 20.1 Å². The molecule has 2 heterocycles. The van der Waals surface area contributed by atoms with Crippen LogP contribution in [-0.4, -0.2) is 54.7 Å². The lowest BCUT2D eigenvalue weighted by Crippen LogP contribution is -2.55. The highest BCUT2D eigenvalue weighted by atomic mass is 32.2. The van der Waals surface area contributed by atoms with Crippen molar-refractivity contribution in [3.63, 3.8) is 0 Å². The minimum absolute atomic E-state index is 0.309. The van der Waals surface area contributed by atoms with E-state index in [0.29, 0.717) is 38.1 Å². The fourth-order valence-corrected chi connectivity index (χ4v) is 6.55. The van der Waals surface area contributed by atoms with Gasteiger partial charge >= 0.3 is 0 Å². The number of nitrogens with one attached hydrogen (secondary N) is 3. The number of benzene rings is 2. The molecular weight excluding hydrogens is 516 g/mol. The Morgan fingerprint density at radius 2 is 1.85 bits per heavy atom. The summed E-state index contributed by atoms with van der Waals surface area (Å²) in [5, 5.41) is 7.34. The van der Waals surface area contributed by atoms with Gasteiger partial charge in [0.05, 0.1) is 17.0 Å². The molecular formula is C29H30N4O5S. The lowest BCUT2D eigenvalue weighted by Gasteiger charge is -2.21. The van der Waals surface area contributed by atoms with Gasteiger partial charge in [-0.1, -0.05) is 54.6 Å². The molecule has 10 heteroatoms. The van der Waals surface area contributed by atoms with Crippen LogP contribution in [-0.2, 0) is 19.6 Å². The molecule has 6 rings (SSSR count). The molecule has 0 bridgehead atoms. The largest absolute Gasteiger partial charge is 0.472 e. The molecule has 3 N–H and O–H groups in total. The first-order valence-corrected chi connectivity index (χ1v) is 14.7. The van der Waals surface area contributed by atoms with Crippen LogP contribution in [0, 0.1) is 5.92 Å². The van der Waals surface area contributed by atoms with Gasteiger partial charge in [-0.2, -0.15) is 0 Å². The quantitative estimate of drug-likeness (QED) is 0.352. The van der Waals surface area contributed by atoms with Crippen LogP contribution in [0.3, 0.4) is 0 Å². The number of fused-ring (bicyclic) bond motifs is 1. The van der Waals surface area contributed by atoms with Crippen molar-refractivity contribution in [3.05, 3.63) is 73.3 Å². The van der Waals surface area contributed by atoms with Gasteiger partial charge in [-0.3, -0.25) is 14.3 Å². The van der Waals surface area contributed by atoms with Gasteiger partial charge in [-0.25, -0.2) is 13.4 Å². The number of amides is 2. The lowest BCUT2D eigenvalue weighted by molar-refractivity contribution is -0.130. The monoisotopic (exact) mass is 546 g/mol. The molecule has 202 valence electrons. The van der Waals surface area contributed by atoms with Crippen molar-refractivity contribution in [1.82, 2.24) is 20.3 Å². The van der Waals surface area contributed by atoms with Gasteiger partial charge in [0.2, 0.25) is 21.8 Å². The van der Waals surface area contributed by atoms with E-state index in [2.05, 4.69) is 21.9 Å². The van der Waals surface area contributed by atoms with Crippen LogP contribution in [0.4, 0.5) is 0 Å². The zero-order valence-corrected chi connectivity index (χ0v) is 22.1. The number of carbonyl (C=O) groups is 2. The number of rotatable bonds is 9. The van der Waals surface area contributed by atoms with E-state index in [0.717, 1.165) is 22.0 Å². The van der Waals surface area contributed by atoms with Crippen LogP contribution in [0.15, 0.2) is 73.3 Å². The number of ether oxygens (including phenoxy) is 1. The predicted molar refractivity (Wildman–Crippen MR) is 147 cm³/mol. The van der Waals surface area contributed by atoms with E-state index >= 15 is 0 Å². The Labute approximate surface area is 227 Å². The summed E-state index contributed by atoms with van der Waals surface area (Å²) in [5.74, 6) is -0.914. The molecule has 9 nitrogen and oxygen atoms in total. The van der Waals surface area contributed by atoms with E-state index in [1.807, 2.05) is 60.7 Å². The summed E-state index contributed by atoms with van der Waals surface area (Å²) in [6, 6.07) is 19.2. The molecule has 1 aromatic heterocycles. The first kappa shape index (κ1) is 25.5. The Kier molecular flexibility index (Phi) is 6.39. The molecule has 2 unspecified atom stereocenters. The molecule has 0 spiro atoms. The molecule has 0 radical (unpaired) electrons. The van der Waals surface area contributed by atoms with E-state index < -0.39 is 32.8 Å². The van der Waals surface area contributed by atoms with Crippen LogP contribution in [0.1, 0.15) is 25.7 Å². The predicted octanol–water partition coefficient (Wildman–Crippen LogP) is 2.68. The van der Waals surface area contributed by atoms with Crippen molar-refractivity contribution in [2.24, 2.45) is 5.92 Å². The maximum atomic E-state index is 13.2. The maximum absolute atomic E-state index is 13.2. The number of pyridine rings is 1. The highest BCUT2D eigenvalue weighted by Crippen LogP contribution is 2.45. The van der Waals surface area contributed by atoms with Crippen LogP contribution in [0.2, 0.25) is 0 Å². The second kappa shape index (κ2) is 9.77. The average Bonchev–Trinajstić information content (AvgIpc) is 3.86. The number of sulfonamides is 1. The van der Waals surface area contributed by atoms with Crippen LogP contribution >= 0.6 is 0 Å². The molecule has 39 heavy (non-hydrogen) atoms. The summed E-state index contributed by atoms with van der Waals surface area (Å²) < 4.78 is 33.2. The van der Waals surface area contributed by atoms with Crippen molar-refractivity contribution in [3.8, 4) is 17.1 Å². The molecule has 2 aromatic carbocycles. The second-order valence-electron chi connectivity index (χ2n) is 10.5. The lowest BCUT2D eigenvalue weighted by atomic mass is 10.1. The van der Waals surface area contributed by atoms with Gasteiger partial charge in [0.15, 0.2) is 0 Å². The van der Waals surface area contributed by atoms with Gasteiger partial charge in [0.1, 0.15) is 11.6 Å². The fourth-order valence-electron chi connectivity index (χ4n) is 5.19. The van der Waals surface area contributed by atoms with Crippen molar-refractivity contribution in [1.29, 1.82) is 0 Å². The van der Waals surface area contributed by atoms with Crippen molar-refractivity contribution >= 4 is 32.6 Å². The zero-order valence-electron chi connectivity index (χ0n) is 21.3. The summed E-state index contributed by atoms with van der Waals surface area (Å²) in [4.78, 5) is 31.0. The Balaban J connectivity index is 1.15. The van der Waals surface area contributed by atoms with Gasteiger partial charge in [0, 0.05) is 29.8 Å². The molecule has 3 aromatic rings. The standard InChI is InChI=1S/C29H30N4O5S/c1-2-20-16-29(20,28(35)33-39(36,37)22-12-13-22)32-26(34)25-15-21(17-30-25)38-27-23-11-7-6-10-19(23)14-24(31-27)18-8-4-3-5-9-18/h2-11,14,20-22,25,30H,1,12-13,15-17H2,(H,32,34)(H,33,35)/t20-,21?,25?,29-/m1/s1. The third-order valence-electron chi connectivity index (χ3n) is 7.71. The first-order valence-electron chi connectivity index (χ1n) is 13.1. The fraction of sp³-hybridized carbons (Fsp3) is 0.345. The highest BCUT2D eigenvalue weighted by molar-refractivity contribution is 7.91. The summed E-state index contributed by atoms with van der Waals surface area (Å²) in [6.07, 6.45) is 3.01. The van der Waals surface area contributed by atoms with E-state index in [9.17, 15) is 18.0 Å². The van der Waals surface area contributed by atoms with E-state index in [-0.39, 0.29) is 17.9 Å². The summed E-state index contributed by atoms with van der Waals surface area (Å²) in [5.41, 5.74) is 0.467. The Morgan fingerprint density at radius 1 is 1.10 bits per heavy atom. The van der Waals surface area contributed by atoms with Crippen LogP contribution in [0.25, 0.3) is 22.0 Å². The highest BCUT2D eigenvalue weighted by Gasteiger charge is 2.61. The second-order valence-corrected chi connectivity index (χ2v) is 12.5. The smallest absolute Gasteiger partial charge is 0.259 e. The SMILES string of the molecule is C=C[C@@H]1C[C@]1(NC(=O)C1CC(Oc2nc(-c3ccccc3)cc3ccccc23)CN1)C(=O)NS(=O)(=O)C1CC1. The average molecular weight is 547 g/mol. The third kappa shape index (κ3) is 5.02. The molecule has 2 aliphatic carbocycles. The van der Waals surface area contributed by atoms with E-state index in [4.69, 9.17) is 9.72 Å². The minimum Gasteiger partial charge on any atom is -0.472 e. The van der Waals surface area contributed by atoms with Crippen molar-refractivity contribution < 1.29 is 22.7 Å². The van der Waals surface area contributed by atoms with E-state index in [1.165, 1.54) is 0 Å². The number of nitrogens with zero attached hydrogens (tertiary/aromatic N) is 1. The van der Waals surface area contributed by atoms with Crippen LogP contribution in [0.5, 0.6) is 5.88 Å². The summed E-state index contributed by atoms with van der Waals surface area (Å²) >= 11 is 0. The number of carbonyl (C=O) groups excluding carboxylic acids is 2. The molecule has 1 saturated heterocycles. The zero-order chi connectivity index (χ0) is 27.2. The van der Waals surface area contributed by atoms with Gasteiger partial charge < -0.3 is 15.4 Å². The number of hydrogen-bond acceptors (Lipinski definition) is 7. The Bertz CT molecular complexity index is 1560. The normalized spacial score (nSPS) is 26.1. The number of aromatic nitrogens is 1. The number of hydrogen-bond donors (Lipinski definition) is 3. The van der Waals surface area contributed by atoms with Gasteiger partial charge in [0.25, 0.3) is 5.91 Å². The Morgan fingerprint density at radius 3 is 2.56 bits per heavy atom. The molecule has 1 aliphatic heterocycles. The summed E-state index contributed by atoms with van der Waals surface area (Å²) in [6.45, 7) is 4.16. The first-order chi connectivity index (χ1) is 18.8. The summed E-state index contributed by atoms with van der Waals surface area (Å²) in [7, 11) is -3.73. The van der Waals surface area contributed by atoms with Gasteiger partial charge in [-0.05, 0) is 36.8 Å². The molecule has 3 fully saturated rings. The third-order valence-corrected chi connectivity index (χ3v) is 9.53. The van der Waals surface area contributed by atoms with Crippen molar-refractivity contribution in [2.75, 3.05) is 6.54 Å². The minimum atomic E-state index is -3.73. The molecule has 2 amide bonds. The topological polar surface area (TPSA) is 126 Å². The van der Waals surface area contributed by atoms with Gasteiger partial charge in [-0.15, -0.1) is 6.58 Å². The molecule has 4 atom stereocenters.